The van der Waals surface area contributed by atoms with E-state index in [0.29, 0.717) is 44.7 Å². The molecule has 0 spiro atoms. The second-order valence-corrected chi connectivity index (χ2v) is 8.31. The van der Waals surface area contributed by atoms with E-state index < -0.39 is 5.92 Å². The minimum absolute atomic E-state index is 0.0243. The summed E-state index contributed by atoms with van der Waals surface area (Å²) in [6, 6.07) is 10.7. The molecular formula is C23H21Cl2N3O2. The van der Waals surface area contributed by atoms with E-state index in [-0.39, 0.29) is 11.7 Å². The first kappa shape index (κ1) is 20.6. The summed E-state index contributed by atoms with van der Waals surface area (Å²) in [5.41, 5.74) is 4.02. The van der Waals surface area contributed by atoms with Gasteiger partial charge < -0.3 is 10.6 Å². The zero-order valence-electron chi connectivity index (χ0n) is 16.7. The zero-order valence-corrected chi connectivity index (χ0v) is 18.2. The topological polar surface area (TPSA) is 71.1 Å². The molecule has 2 aliphatic rings. The Labute approximate surface area is 185 Å². The third-order valence-corrected chi connectivity index (χ3v) is 6.28. The fourth-order valence-corrected chi connectivity index (χ4v) is 4.55. The SMILES string of the molecule is CC1=C(C(=O)Nc2cccc(C)n2)[C@H](c2cccc(Cl)c2Cl)C2=C(CCCC2=O)N1. The molecule has 2 heterocycles. The van der Waals surface area contributed by atoms with E-state index in [9.17, 15) is 9.59 Å². The molecule has 30 heavy (non-hydrogen) atoms. The van der Waals surface area contributed by atoms with E-state index in [2.05, 4.69) is 15.6 Å². The molecule has 1 aliphatic heterocycles. The fourth-order valence-electron chi connectivity index (χ4n) is 4.14. The molecule has 1 aliphatic carbocycles. The highest BCUT2D eigenvalue weighted by molar-refractivity contribution is 6.42. The van der Waals surface area contributed by atoms with Gasteiger partial charge >= 0.3 is 0 Å². The Hall–Kier alpha value is -2.63. The van der Waals surface area contributed by atoms with Crippen LogP contribution < -0.4 is 10.6 Å². The number of nitrogens with zero attached hydrogens (tertiary/aromatic N) is 1. The largest absolute Gasteiger partial charge is 0.362 e. The van der Waals surface area contributed by atoms with Crippen molar-refractivity contribution in [1.82, 2.24) is 10.3 Å². The lowest BCUT2D eigenvalue weighted by molar-refractivity contribution is -0.116. The molecular weight excluding hydrogens is 421 g/mol. The molecule has 1 aromatic heterocycles. The number of ketones is 1. The van der Waals surface area contributed by atoms with Crippen LogP contribution >= 0.6 is 23.2 Å². The number of dihydropyridines is 1. The van der Waals surface area contributed by atoms with Crippen molar-refractivity contribution in [2.45, 2.75) is 39.0 Å². The van der Waals surface area contributed by atoms with E-state index in [1.165, 1.54) is 0 Å². The average molecular weight is 442 g/mol. The Morgan fingerprint density at radius 1 is 1.13 bits per heavy atom. The van der Waals surface area contributed by atoms with Crippen LogP contribution in [0.25, 0.3) is 0 Å². The Kier molecular flexibility index (Phi) is 5.67. The Morgan fingerprint density at radius 2 is 1.90 bits per heavy atom. The summed E-state index contributed by atoms with van der Waals surface area (Å²) in [6.45, 7) is 3.70. The number of anilines is 1. The van der Waals surface area contributed by atoms with Crippen LogP contribution in [0.4, 0.5) is 5.82 Å². The van der Waals surface area contributed by atoms with Gasteiger partial charge in [0.2, 0.25) is 0 Å². The lowest BCUT2D eigenvalue weighted by Gasteiger charge is -2.35. The fraction of sp³-hybridized carbons (Fsp3) is 0.261. The van der Waals surface area contributed by atoms with E-state index in [0.717, 1.165) is 24.2 Å². The highest BCUT2D eigenvalue weighted by Gasteiger charge is 2.39. The van der Waals surface area contributed by atoms with Crippen LogP contribution in [0.1, 0.15) is 43.4 Å². The molecule has 1 amide bonds. The zero-order chi connectivity index (χ0) is 21.4. The lowest BCUT2D eigenvalue weighted by Crippen LogP contribution is -2.35. The standard InChI is InChI=1S/C23H21Cl2N3O2/c1-12-6-3-11-18(26-12)28-23(30)19-13(2)27-16-9-5-10-17(29)21(16)20(19)14-7-4-8-15(24)22(14)25/h3-4,6-8,11,20,27H,5,9-10H2,1-2H3,(H,26,28,30)/t20-/m0/s1. The van der Waals surface area contributed by atoms with Crippen LogP contribution in [0.15, 0.2) is 58.9 Å². The summed E-state index contributed by atoms with van der Waals surface area (Å²) in [5.74, 6) is -0.448. The molecule has 0 radical (unpaired) electrons. The number of carbonyl (C=O) groups is 2. The van der Waals surface area contributed by atoms with Crippen molar-refractivity contribution in [3.05, 3.63) is 80.2 Å². The molecule has 7 heteroatoms. The summed E-state index contributed by atoms with van der Waals surface area (Å²) >= 11 is 12.8. The summed E-state index contributed by atoms with van der Waals surface area (Å²) in [6.07, 6.45) is 1.98. The van der Waals surface area contributed by atoms with Crippen LogP contribution in [0, 0.1) is 6.92 Å². The predicted octanol–water partition coefficient (Wildman–Crippen LogP) is 5.30. The van der Waals surface area contributed by atoms with Gasteiger partial charge in [0.05, 0.1) is 10.0 Å². The number of hydrogen-bond donors (Lipinski definition) is 2. The molecule has 0 bridgehead atoms. The average Bonchev–Trinajstić information content (AvgIpc) is 2.69. The smallest absolute Gasteiger partial charge is 0.255 e. The van der Waals surface area contributed by atoms with E-state index in [4.69, 9.17) is 23.2 Å². The minimum atomic E-state index is -0.593. The quantitative estimate of drug-likeness (QED) is 0.677. The normalized spacial score (nSPS) is 18.8. The highest BCUT2D eigenvalue weighted by Crippen LogP contribution is 2.45. The van der Waals surface area contributed by atoms with Crippen molar-refractivity contribution >= 4 is 40.7 Å². The number of Topliss-reactive ketones (excluding diaryl/α,β-unsaturated/α-hetero) is 1. The molecule has 4 rings (SSSR count). The molecule has 0 saturated heterocycles. The maximum atomic E-state index is 13.4. The number of nitrogens with one attached hydrogen (secondary N) is 2. The number of carbonyl (C=O) groups excluding carboxylic acids is 2. The molecule has 154 valence electrons. The predicted molar refractivity (Wildman–Crippen MR) is 119 cm³/mol. The highest BCUT2D eigenvalue weighted by atomic mass is 35.5. The van der Waals surface area contributed by atoms with Crippen molar-refractivity contribution in [2.75, 3.05) is 5.32 Å². The van der Waals surface area contributed by atoms with E-state index >= 15 is 0 Å². The van der Waals surface area contributed by atoms with Crippen molar-refractivity contribution in [2.24, 2.45) is 0 Å². The van der Waals surface area contributed by atoms with Gasteiger partial charge in [-0.2, -0.15) is 0 Å². The Balaban J connectivity index is 1.83. The third kappa shape index (κ3) is 3.75. The number of pyridine rings is 1. The second-order valence-electron chi connectivity index (χ2n) is 7.53. The van der Waals surface area contributed by atoms with Gasteiger partial charge in [-0.05, 0) is 50.5 Å². The Bertz CT molecular complexity index is 1120. The number of aryl methyl sites for hydroxylation is 1. The Morgan fingerprint density at radius 3 is 2.67 bits per heavy atom. The molecule has 0 fully saturated rings. The lowest BCUT2D eigenvalue weighted by atomic mass is 9.75. The van der Waals surface area contributed by atoms with Gasteiger partial charge in [-0.15, -0.1) is 0 Å². The van der Waals surface area contributed by atoms with Crippen LogP contribution in [0.3, 0.4) is 0 Å². The summed E-state index contributed by atoms with van der Waals surface area (Å²) in [4.78, 5) is 30.7. The van der Waals surface area contributed by atoms with E-state index in [1.807, 2.05) is 32.0 Å². The number of benzene rings is 1. The first-order valence-corrected chi connectivity index (χ1v) is 10.6. The van der Waals surface area contributed by atoms with Gasteiger partial charge in [0.1, 0.15) is 5.82 Å². The van der Waals surface area contributed by atoms with Gasteiger partial charge in [0.25, 0.3) is 5.91 Å². The van der Waals surface area contributed by atoms with Crippen molar-refractivity contribution in [3.63, 3.8) is 0 Å². The van der Waals surface area contributed by atoms with Crippen molar-refractivity contribution in [1.29, 1.82) is 0 Å². The number of hydrogen-bond acceptors (Lipinski definition) is 4. The number of allylic oxidation sites excluding steroid dienone is 3. The first-order chi connectivity index (χ1) is 14.4. The van der Waals surface area contributed by atoms with Crippen molar-refractivity contribution in [3.8, 4) is 0 Å². The third-order valence-electron chi connectivity index (χ3n) is 5.44. The minimum Gasteiger partial charge on any atom is -0.362 e. The van der Waals surface area contributed by atoms with Crippen LogP contribution in [0.2, 0.25) is 10.0 Å². The molecule has 0 unspecified atom stereocenters. The summed E-state index contributed by atoms with van der Waals surface area (Å²) in [5, 5.41) is 6.90. The molecule has 2 aromatic rings. The molecule has 5 nitrogen and oxygen atoms in total. The maximum absolute atomic E-state index is 13.4. The van der Waals surface area contributed by atoms with Crippen LogP contribution in [0.5, 0.6) is 0 Å². The maximum Gasteiger partial charge on any atom is 0.255 e. The molecule has 1 aromatic carbocycles. The number of amides is 1. The van der Waals surface area contributed by atoms with Gasteiger partial charge in [-0.1, -0.05) is 41.4 Å². The van der Waals surface area contributed by atoms with Gasteiger partial charge in [-0.25, -0.2) is 4.98 Å². The molecule has 2 N–H and O–H groups in total. The summed E-state index contributed by atoms with van der Waals surface area (Å²) < 4.78 is 0. The first-order valence-electron chi connectivity index (χ1n) is 9.79. The van der Waals surface area contributed by atoms with Crippen LogP contribution in [-0.4, -0.2) is 16.7 Å². The van der Waals surface area contributed by atoms with Gasteiger partial charge in [0, 0.05) is 40.6 Å². The monoisotopic (exact) mass is 441 g/mol. The number of rotatable bonds is 3. The second kappa shape index (κ2) is 8.25. The summed E-state index contributed by atoms with van der Waals surface area (Å²) in [7, 11) is 0. The van der Waals surface area contributed by atoms with Crippen molar-refractivity contribution < 1.29 is 9.59 Å². The van der Waals surface area contributed by atoms with Gasteiger partial charge in [-0.3, -0.25) is 9.59 Å². The molecule has 0 saturated carbocycles. The van der Waals surface area contributed by atoms with Gasteiger partial charge in [0.15, 0.2) is 5.78 Å². The van der Waals surface area contributed by atoms with E-state index in [1.54, 1.807) is 18.2 Å². The number of halogens is 2. The number of aromatic nitrogens is 1. The van der Waals surface area contributed by atoms with Crippen LogP contribution in [-0.2, 0) is 9.59 Å². The molecule has 1 atom stereocenters.